The first-order chi connectivity index (χ1) is 10.9. The van der Waals surface area contributed by atoms with Gasteiger partial charge in [-0.2, -0.15) is 0 Å². The van der Waals surface area contributed by atoms with Crippen LogP contribution in [0.2, 0.25) is 0 Å². The van der Waals surface area contributed by atoms with Crippen LogP contribution in [0.25, 0.3) is 0 Å². The highest BCUT2D eigenvalue weighted by Crippen LogP contribution is 2.65. The number of ketones is 1. The molecule has 4 rings (SSSR count). The molecular weight excluding hydrogens is 288 g/mol. The van der Waals surface area contributed by atoms with Gasteiger partial charge in [0.1, 0.15) is 5.78 Å². The molecule has 4 aliphatic carbocycles. The van der Waals surface area contributed by atoms with Crippen molar-refractivity contribution < 1.29 is 14.6 Å². The second kappa shape index (κ2) is 5.29. The molecule has 0 amide bonds. The predicted octanol–water partition coefficient (Wildman–Crippen LogP) is 3.58. The molecule has 4 aliphatic rings. The summed E-state index contributed by atoms with van der Waals surface area (Å²) >= 11 is 0. The molecule has 0 aromatic carbocycles. The third-order valence-corrected chi connectivity index (χ3v) is 8.54. The monoisotopic (exact) mass is 320 g/mol. The van der Waals surface area contributed by atoms with Crippen LogP contribution in [0.4, 0.5) is 0 Å². The molecule has 0 bridgehead atoms. The number of Topliss-reactive ketones (excluding diaryl/α,β-unsaturated/α-hetero) is 1. The Morgan fingerprint density at radius 3 is 2.57 bits per heavy atom. The topological polar surface area (TPSA) is 46.5 Å². The van der Waals surface area contributed by atoms with E-state index in [4.69, 9.17) is 4.74 Å². The van der Waals surface area contributed by atoms with Gasteiger partial charge in [0.05, 0.1) is 12.2 Å². The van der Waals surface area contributed by atoms with E-state index in [0.717, 1.165) is 38.0 Å². The fourth-order valence-corrected chi connectivity index (χ4v) is 7.39. The second-order valence-corrected chi connectivity index (χ2v) is 9.49. The maximum Gasteiger partial charge on any atom is 0.133 e. The van der Waals surface area contributed by atoms with Gasteiger partial charge in [-0.25, -0.2) is 0 Å². The van der Waals surface area contributed by atoms with E-state index in [-0.39, 0.29) is 23.0 Å². The second-order valence-electron chi connectivity index (χ2n) is 9.49. The van der Waals surface area contributed by atoms with Crippen LogP contribution in [0.15, 0.2) is 0 Å². The largest absolute Gasteiger partial charge is 0.390 e. The van der Waals surface area contributed by atoms with Gasteiger partial charge in [-0.05, 0) is 73.0 Å². The summed E-state index contributed by atoms with van der Waals surface area (Å²) in [6.45, 7) is 4.83. The van der Waals surface area contributed by atoms with E-state index in [0.29, 0.717) is 23.5 Å². The van der Waals surface area contributed by atoms with Crippen LogP contribution >= 0.6 is 0 Å². The molecule has 0 unspecified atom stereocenters. The van der Waals surface area contributed by atoms with Crippen LogP contribution in [0.1, 0.15) is 65.2 Å². The highest BCUT2D eigenvalue weighted by atomic mass is 16.5. The SMILES string of the molecule is CO[C@H]1[C@H]2CC[C@H]3[C@@H]4CC(=O)C[C@]4(C)CC[C@@H]3[C@]2(C)CC[C@@H]1O. The Morgan fingerprint density at radius 1 is 1.04 bits per heavy atom. The van der Waals surface area contributed by atoms with Gasteiger partial charge < -0.3 is 9.84 Å². The first-order valence-corrected chi connectivity index (χ1v) is 9.61. The van der Waals surface area contributed by atoms with E-state index in [9.17, 15) is 9.90 Å². The molecule has 0 spiro atoms. The van der Waals surface area contributed by atoms with E-state index in [1.54, 1.807) is 7.11 Å². The Bertz CT molecular complexity index is 503. The lowest BCUT2D eigenvalue weighted by Gasteiger charge is -2.61. The molecule has 4 fully saturated rings. The lowest BCUT2D eigenvalue weighted by atomic mass is 9.45. The summed E-state index contributed by atoms with van der Waals surface area (Å²) in [5.41, 5.74) is 0.562. The summed E-state index contributed by atoms with van der Waals surface area (Å²) in [5.74, 6) is 3.03. The zero-order valence-corrected chi connectivity index (χ0v) is 14.9. The van der Waals surface area contributed by atoms with Crippen molar-refractivity contribution in [2.75, 3.05) is 7.11 Å². The minimum absolute atomic E-state index is 0.00761. The summed E-state index contributed by atoms with van der Waals surface area (Å²) in [5, 5.41) is 10.4. The maximum atomic E-state index is 12.1. The van der Waals surface area contributed by atoms with E-state index in [1.807, 2.05) is 0 Å². The first-order valence-electron chi connectivity index (χ1n) is 9.61. The minimum Gasteiger partial charge on any atom is -0.390 e. The van der Waals surface area contributed by atoms with Gasteiger partial charge in [-0.15, -0.1) is 0 Å². The lowest BCUT2D eigenvalue weighted by molar-refractivity contribution is -0.179. The third-order valence-electron chi connectivity index (χ3n) is 8.54. The molecule has 23 heavy (non-hydrogen) atoms. The van der Waals surface area contributed by atoms with Crippen molar-refractivity contribution in [1.82, 2.24) is 0 Å². The summed E-state index contributed by atoms with van der Waals surface area (Å²) in [4.78, 5) is 12.1. The number of hydrogen-bond donors (Lipinski definition) is 1. The Balaban J connectivity index is 1.64. The summed E-state index contributed by atoms with van der Waals surface area (Å²) in [6.07, 6.45) is 8.23. The molecule has 0 aromatic heterocycles. The molecule has 3 nitrogen and oxygen atoms in total. The van der Waals surface area contributed by atoms with E-state index < -0.39 is 0 Å². The number of fused-ring (bicyclic) bond motifs is 5. The van der Waals surface area contributed by atoms with Crippen molar-refractivity contribution in [2.45, 2.75) is 77.4 Å². The summed E-state index contributed by atoms with van der Waals surface area (Å²) in [7, 11) is 1.76. The molecule has 0 saturated heterocycles. The Kier molecular flexibility index (Phi) is 3.70. The number of carbonyl (C=O) groups excluding carboxylic acids is 1. The molecule has 0 aromatic rings. The third kappa shape index (κ3) is 2.18. The van der Waals surface area contributed by atoms with Crippen LogP contribution in [0.5, 0.6) is 0 Å². The van der Waals surface area contributed by atoms with Crippen molar-refractivity contribution >= 4 is 5.78 Å². The number of carbonyl (C=O) groups is 1. The van der Waals surface area contributed by atoms with Crippen molar-refractivity contribution in [1.29, 1.82) is 0 Å². The van der Waals surface area contributed by atoms with Crippen molar-refractivity contribution in [3.8, 4) is 0 Å². The van der Waals surface area contributed by atoms with Crippen LogP contribution in [-0.4, -0.2) is 30.2 Å². The number of rotatable bonds is 1. The predicted molar refractivity (Wildman–Crippen MR) is 88.9 cm³/mol. The van der Waals surface area contributed by atoms with Gasteiger partial charge in [0.15, 0.2) is 0 Å². The average molecular weight is 320 g/mol. The van der Waals surface area contributed by atoms with E-state index >= 15 is 0 Å². The molecule has 4 saturated carbocycles. The molecule has 0 aliphatic heterocycles. The average Bonchev–Trinajstić information content (AvgIpc) is 2.82. The van der Waals surface area contributed by atoms with Gasteiger partial charge in [-0.1, -0.05) is 13.8 Å². The first kappa shape index (κ1) is 16.1. The number of ether oxygens (including phenoxy) is 1. The fourth-order valence-electron chi connectivity index (χ4n) is 7.39. The number of hydrogen-bond acceptors (Lipinski definition) is 3. The molecule has 0 heterocycles. The highest BCUT2D eigenvalue weighted by molar-refractivity contribution is 5.82. The van der Waals surface area contributed by atoms with Crippen molar-refractivity contribution in [2.24, 2.45) is 34.5 Å². The zero-order chi connectivity index (χ0) is 16.4. The van der Waals surface area contributed by atoms with Gasteiger partial charge in [0.25, 0.3) is 0 Å². The molecule has 8 atom stereocenters. The summed E-state index contributed by atoms with van der Waals surface area (Å²) < 4.78 is 5.74. The normalized spacial score (nSPS) is 55.9. The Labute approximate surface area is 140 Å². The Hall–Kier alpha value is -0.410. The van der Waals surface area contributed by atoms with Crippen LogP contribution in [0.3, 0.4) is 0 Å². The Morgan fingerprint density at radius 2 is 1.83 bits per heavy atom. The van der Waals surface area contributed by atoms with Gasteiger partial charge in [0, 0.05) is 20.0 Å². The van der Waals surface area contributed by atoms with Crippen molar-refractivity contribution in [3.05, 3.63) is 0 Å². The number of aliphatic hydroxyl groups excluding tert-OH is 1. The zero-order valence-electron chi connectivity index (χ0n) is 14.9. The standard InChI is InChI=1S/C20H32O3/c1-19-8-6-14-13(16(19)10-12(21)11-19)4-5-15-18(23-3)17(22)7-9-20(14,15)2/h13-18,22H,4-11H2,1-3H3/t13-,14+,15-,16+,17+,18+,19+,20+/m1/s1. The molecule has 0 radical (unpaired) electrons. The smallest absolute Gasteiger partial charge is 0.133 e. The minimum atomic E-state index is -0.295. The molecule has 3 heteroatoms. The number of aliphatic hydroxyl groups is 1. The molecular formula is C20H32O3. The highest BCUT2D eigenvalue weighted by Gasteiger charge is 2.61. The maximum absolute atomic E-state index is 12.1. The van der Waals surface area contributed by atoms with Crippen LogP contribution < -0.4 is 0 Å². The van der Waals surface area contributed by atoms with Crippen LogP contribution in [-0.2, 0) is 9.53 Å². The van der Waals surface area contributed by atoms with Crippen LogP contribution in [0, 0.1) is 34.5 Å². The fraction of sp³-hybridized carbons (Fsp3) is 0.950. The van der Waals surface area contributed by atoms with Gasteiger partial charge >= 0.3 is 0 Å². The van der Waals surface area contributed by atoms with Crippen molar-refractivity contribution in [3.63, 3.8) is 0 Å². The number of methoxy groups -OCH3 is 1. The van der Waals surface area contributed by atoms with E-state index in [2.05, 4.69) is 13.8 Å². The van der Waals surface area contributed by atoms with Gasteiger partial charge in [-0.3, -0.25) is 4.79 Å². The quantitative estimate of drug-likeness (QED) is 0.803. The molecule has 130 valence electrons. The van der Waals surface area contributed by atoms with E-state index in [1.165, 1.54) is 19.3 Å². The lowest BCUT2D eigenvalue weighted by Crippen LogP contribution is -2.58. The molecule has 1 N–H and O–H groups in total. The van der Waals surface area contributed by atoms with Gasteiger partial charge in [0.2, 0.25) is 0 Å². The summed E-state index contributed by atoms with van der Waals surface area (Å²) in [6, 6.07) is 0.